The number of nitrogens with zero attached hydrogens (tertiary/aromatic N) is 2. The molecule has 7 atom stereocenters. The van der Waals surface area contributed by atoms with E-state index in [4.69, 9.17) is 10.5 Å². The highest BCUT2D eigenvalue weighted by atomic mass is 16.5. The van der Waals surface area contributed by atoms with E-state index in [2.05, 4.69) is 31.2 Å². The number of aromatic hydroxyl groups is 1. The highest BCUT2D eigenvalue weighted by molar-refractivity contribution is 5.94. The molecule has 0 bridgehead atoms. The number of rotatable bonds is 17. The number of hydrogen-bond acceptors (Lipinski definition) is 11. The predicted octanol–water partition coefficient (Wildman–Crippen LogP) is 0.272. The number of aliphatic carboxylic acids is 1. The van der Waals surface area contributed by atoms with E-state index in [1.807, 2.05) is 18.2 Å². The van der Waals surface area contributed by atoms with Gasteiger partial charge in [0.05, 0.1) is 12.1 Å². The number of H-pyrrole nitrogens is 2. The van der Waals surface area contributed by atoms with Crippen molar-refractivity contribution in [3.63, 3.8) is 0 Å². The van der Waals surface area contributed by atoms with Crippen LogP contribution in [0.15, 0.2) is 88.5 Å². The van der Waals surface area contributed by atoms with Gasteiger partial charge in [-0.2, -0.15) is 0 Å². The fourth-order valence-electron chi connectivity index (χ4n) is 6.94. The summed E-state index contributed by atoms with van der Waals surface area (Å²) >= 11 is 0. The number of para-hydroxylation sites is 1. The Balaban J connectivity index is 1.35. The quantitative estimate of drug-likeness (QED) is 0.0686. The zero-order valence-electron chi connectivity index (χ0n) is 34.0. The third-order valence-electron chi connectivity index (χ3n) is 10.2. The van der Waals surface area contributed by atoms with Gasteiger partial charge in [0.15, 0.2) is 0 Å². The number of phenols is 1. The third kappa shape index (κ3) is 11.6. The van der Waals surface area contributed by atoms with Crippen molar-refractivity contribution in [3.8, 4) is 5.75 Å². The van der Waals surface area contributed by atoms with Gasteiger partial charge in [0.1, 0.15) is 35.7 Å². The van der Waals surface area contributed by atoms with Crippen molar-refractivity contribution in [1.82, 2.24) is 40.7 Å². The number of urea groups is 1. The monoisotopic (exact) mass is 845 g/mol. The number of aliphatic hydroxyl groups excluding tert-OH is 1. The first-order chi connectivity index (χ1) is 28.9. The number of aromatic nitrogens is 3. The van der Waals surface area contributed by atoms with Gasteiger partial charge in [0.25, 0.3) is 5.56 Å². The highest BCUT2D eigenvalue weighted by Crippen LogP contribution is 2.30. The number of hydrogen-bond donors (Lipinski definition) is 10. The lowest BCUT2D eigenvalue weighted by molar-refractivity contribution is -0.139. The first-order valence-corrected chi connectivity index (χ1v) is 19.5. The molecule has 0 unspecified atom stereocenters. The van der Waals surface area contributed by atoms with Gasteiger partial charge in [-0.1, -0.05) is 44.2 Å². The van der Waals surface area contributed by atoms with Crippen LogP contribution in [0, 0.1) is 5.92 Å². The number of benzene rings is 2. The molecule has 5 amide bonds. The van der Waals surface area contributed by atoms with Gasteiger partial charge in [0, 0.05) is 55.5 Å². The molecule has 20 heteroatoms. The topological polar surface area (TPSA) is 303 Å². The van der Waals surface area contributed by atoms with Gasteiger partial charge in [-0.25, -0.2) is 14.4 Å². The van der Waals surface area contributed by atoms with Crippen LogP contribution in [0.25, 0.3) is 10.9 Å². The Labute approximate surface area is 349 Å². The molecule has 1 saturated heterocycles. The molecule has 0 radical (unpaired) electrons. The van der Waals surface area contributed by atoms with Gasteiger partial charge in [0.2, 0.25) is 23.9 Å². The van der Waals surface area contributed by atoms with Crippen molar-refractivity contribution in [2.75, 3.05) is 7.05 Å². The Hall–Kier alpha value is -6.93. The number of carboxylic acid groups (broad SMARTS) is 1. The average Bonchev–Trinajstić information content (AvgIpc) is 3.79. The summed E-state index contributed by atoms with van der Waals surface area (Å²) in [5, 5.41) is 41.5. The maximum atomic E-state index is 14.1. The Bertz CT molecular complexity index is 2390. The minimum absolute atomic E-state index is 0.0192. The molecule has 1 fully saturated rings. The van der Waals surface area contributed by atoms with E-state index in [9.17, 15) is 48.9 Å². The number of fused-ring (bicyclic) bond motifs is 1. The van der Waals surface area contributed by atoms with Crippen molar-refractivity contribution in [1.29, 1.82) is 0 Å². The number of amides is 5. The summed E-state index contributed by atoms with van der Waals surface area (Å²) in [4.78, 5) is 97.6. The normalized spacial score (nSPS) is 18.0. The Morgan fingerprint density at radius 2 is 1.70 bits per heavy atom. The first-order valence-electron chi connectivity index (χ1n) is 19.5. The van der Waals surface area contributed by atoms with Crippen LogP contribution in [0.2, 0.25) is 0 Å². The van der Waals surface area contributed by atoms with E-state index in [0.29, 0.717) is 11.1 Å². The van der Waals surface area contributed by atoms with E-state index in [1.54, 1.807) is 38.2 Å². The number of nitrogens with two attached hydrogens (primary N) is 1. The summed E-state index contributed by atoms with van der Waals surface area (Å²) in [6, 6.07) is 7.21. The summed E-state index contributed by atoms with van der Waals surface area (Å²) in [6.45, 7) is 5.08. The second-order valence-corrected chi connectivity index (χ2v) is 15.3. The molecule has 1 aliphatic heterocycles. The molecule has 20 nitrogen and oxygen atoms in total. The number of nitrogens with one attached hydrogen (secondary N) is 6. The van der Waals surface area contributed by atoms with E-state index >= 15 is 0 Å². The Morgan fingerprint density at radius 1 is 0.984 bits per heavy atom. The number of carbonyl (C=O) groups is 5. The highest BCUT2D eigenvalue weighted by Gasteiger charge is 2.37. The number of aliphatic hydroxyl groups is 1. The van der Waals surface area contributed by atoms with Crippen LogP contribution >= 0.6 is 0 Å². The maximum absolute atomic E-state index is 14.1. The molecule has 2 aromatic heterocycles. The molecule has 1 aliphatic rings. The summed E-state index contributed by atoms with van der Waals surface area (Å²) < 4.78 is 6.69. The smallest absolute Gasteiger partial charge is 0.331 e. The molecule has 0 saturated carbocycles. The predicted molar refractivity (Wildman–Crippen MR) is 221 cm³/mol. The molecule has 11 N–H and O–H groups in total. The third-order valence-corrected chi connectivity index (χ3v) is 10.2. The lowest BCUT2D eigenvalue weighted by atomic mass is 10.0. The van der Waals surface area contributed by atoms with Crippen LogP contribution in [0.5, 0.6) is 5.75 Å². The summed E-state index contributed by atoms with van der Waals surface area (Å²) in [5.41, 5.74) is 6.81. The molecule has 2 aromatic carbocycles. The van der Waals surface area contributed by atoms with E-state index in [0.717, 1.165) is 33.9 Å². The van der Waals surface area contributed by atoms with Crippen LogP contribution in [0.1, 0.15) is 51.0 Å². The SMILES string of the molecule is CC(C)C[C@@H](NC(=O)N[C@@H](Cc1c[nH]c2ccccc12)C(=O)O)C(=O)N[C@H](C(=O)N/C=C1\C[C@@H](O)[C@H](n2ccc(=O)[nH]c2=O)O1)[C@@H](C)N(C)C(=O)[C@H](N)Cc1cccc(O)c1. The summed E-state index contributed by atoms with van der Waals surface area (Å²) in [5.74, 6) is -3.76. The standard InChI is InChI=1S/C41H51N9O11/c1-21(2)14-30(45-40(59)46-31(39(57)58)17-24-19-43-29-11-6-5-10-27(24)29)35(54)48-34(22(3)49(4)37(56)28(42)16-23-8-7-9-25(51)15-23)36(55)44-20-26-18-32(52)38(61-26)50-13-12-33(53)47-41(50)60/h5-13,15,19-22,28,30-32,34,38,43,51-52H,14,16-18,42H2,1-4H3,(H,44,55)(H,48,54)(H,57,58)(H2,45,46,59)(H,47,53,60)/b26-20+/t22-,28-,30-,31+,32-,34+,38-/m1/s1. The van der Waals surface area contributed by atoms with E-state index < -0.39 is 83.5 Å². The van der Waals surface area contributed by atoms with Gasteiger partial charge >= 0.3 is 17.7 Å². The number of carbonyl (C=O) groups excluding carboxylic acids is 4. The van der Waals surface area contributed by atoms with Crippen molar-refractivity contribution < 1.29 is 44.0 Å². The molecule has 5 rings (SSSR count). The zero-order valence-corrected chi connectivity index (χ0v) is 34.0. The van der Waals surface area contributed by atoms with Gasteiger partial charge in [-0.3, -0.25) is 28.7 Å². The van der Waals surface area contributed by atoms with E-state index in [1.165, 1.54) is 31.0 Å². The minimum Gasteiger partial charge on any atom is -0.508 e. The second kappa shape index (κ2) is 19.9. The molecule has 3 heterocycles. The first kappa shape index (κ1) is 45.2. The summed E-state index contributed by atoms with van der Waals surface area (Å²) in [6.07, 6.45) is 1.31. The molecular weight excluding hydrogens is 795 g/mol. The van der Waals surface area contributed by atoms with Gasteiger partial charge in [-0.05, 0) is 55.0 Å². The molecule has 326 valence electrons. The van der Waals surface area contributed by atoms with Gasteiger partial charge < -0.3 is 56.9 Å². The lowest BCUT2D eigenvalue weighted by Crippen LogP contribution is -2.62. The lowest BCUT2D eigenvalue weighted by Gasteiger charge is -2.34. The van der Waals surface area contributed by atoms with Crippen LogP contribution in [-0.4, -0.2) is 108 Å². The number of carboxylic acids is 1. The fraction of sp³-hybridized carbons (Fsp3) is 0.390. The number of ether oxygens (including phenoxy) is 1. The largest absolute Gasteiger partial charge is 0.508 e. The zero-order chi connectivity index (χ0) is 44.5. The molecule has 0 spiro atoms. The molecule has 0 aliphatic carbocycles. The fourth-order valence-corrected chi connectivity index (χ4v) is 6.94. The number of phenolic OH excluding ortho intramolecular Hbond substituents is 1. The Kier molecular flexibility index (Phi) is 14.7. The minimum atomic E-state index is -1.51. The second-order valence-electron chi connectivity index (χ2n) is 15.3. The number of likely N-dealkylation sites (N-methyl/N-ethyl adjacent to an activating group) is 1. The van der Waals surface area contributed by atoms with E-state index in [-0.39, 0.29) is 43.1 Å². The van der Waals surface area contributed by atoms with Gasteiger partial charge in [-0.15, -0.1) is 0 Å². The molecule has 61 heavy (non-hydrogen) atoms. The van der Waals surface area contributed by atoms with Crippen molar-refractivity contribution in [2.45, 2.75) is 89.0 Å². The van der Waals surface area contributed by atoms with Crippen LogP contribution in [-0.2, 0) is 36.8 Å². The molecular formula is C41H51N9O11. The average molecular weight is 846 g/mol. The number of aromatic amines is 2. The van der Waals surface area contributed by atoms with Crippen molar-refractivity contribution in [3.05, 3.63) is 111 Å². The Morgan fingerprint density at radius 3 is 2.39 bits per heavy atom. The van der Waals surface area contributed by atoms with Crippen molar-refractivity contribution >= 4 is 40.6 Å². The van der Waals surface area contributed by atoms with Crippen LogP contribution in [0.4, 0.5) is 4.79 Å². The summed E-state index contributed by atoms with van der Waals surface area (Å²) in [7, 11) is 1.39. The van der Waals surface area contributed by atoms with Crippen molar-refractivity contribution in [2.24, 2.45) is 11.7 Å². The maximum Gasteiger partial charge on any atom is 0.331 e. The molecule has 4 aromatic rings. The van der Waals surface area contributed by atoms with Crippen LogP contribution < -0.4 is 38.2 Å². The van der Waals surface area contributed by atoms with Crippen LogP contribution in [0.3, 0.4) is 0 Å².